The molecule has 26 heavy (non-hydrogen) atoms. The van der Waals surface area contributed by atoms with E-state index in [4.69, 9.17) is 0 Å². The Morgan fingerprint density at radius 2 is 1.54 bits per heavy atom. The highest BCUT2D eigenvalue weighted by Gasteiger charge is 2.10. The number of nitrogens with one attached hydrogen (secondary N) is 2. The molecule has 3 aromatic rings. The number of amides is 1. The van der Waals surface area contributed by atoms with Gasteiger partial charge in [-0.25, -0.2) is 0 Å². The van der Waals surface area contributed by atoms with E-state index >= 15 is 0 Å². The molecule has 4 heteroatoms. The highest BCUT2D eigenvalue weighted by atomic mass is 16.1. The van der Waals surface area contributed by atoms with Gasteiger partial charge in [-0.3, -0.25) is 9.78 Å². The van der Waals surface area contributed by atoms with Crippen LogP contribution in [0.2, 0.25) is 0 Å². The lowest BCUT2D eigenvalue weighted by Gasteiger charge is -2.12. The van der Waals surface area contributed by atoms with Crippen molar-refractivity contribution in [1.29, 1.82) is 0 Å². The Morgan fingerprint density at radius 1 is 0.808 bits per heavy atom. The van der Waals surface area contributed by atoms with Gasteiger partial charge in [0.1, 0.15) is 0 Å². The molecule has 0 aliphatic heterocycles. The number of anilines is 3. The summed E-state index contributed by atoms with van der Waals surface area (Å²) >= 11 is 0. The first-order valence-corrected chi connectivity index (χ1v) is 8.60. The first kappa shape index (κ1) is 17.7. The van der Waals surface area contributed by atoms with Crippen molar-refractivity contribution in [1.82, 2.24) is 4.98 Å². The van der Waals surface area contributed by atoms with E-state index in [1.807, 2.05) is 45.0 Å². The van der Waals surface area contributed by atoms with Crippen LogP contribution in [0.25, 0.3) is 0 Å². The molecule has 2 aromatic carbocycles. The molecule has 0 aliphatic carbocycles. The molecule has 3 rings (SSSR count). The summed E-state index contributed by atoms with van der Waals surface area (Å²) in [4.78, 5) is 16.8. The molecule has 0 saturated heterocycles. The average Bonchev–Trinajstić information content (AvgIpc) is 2.61. The zero-order valence-electron chi connectivity index (χ0n) is 15.6. The number of hydrogen-bond donors (Lipinski definition) is 2. The van der Waals surface area contributed by atoms with Gasteiger partial charge >= 0.3 is 0 Å². The SMILES string of the molecule is Cc1ccc(NC(=O)c2cncc(Nc3cc(C)ccc3C)c2)c(C)c1. The lowest BCUT2D eigenvalue weighted by Crippen LogP contribution is -2.13. The summed E-state index contributed by atoms with van der Waals surface area (Å²) in [6.45, 7) is 8.12. The van der Waals surface area contributed by atoms with E-state index in [1.54, 1.807) is 12.4 Å². The Labute approximate surface area is 154 Å². The first-order valence-electron chi connectivity index (χ1n) is 8.60. The van der Waals surface area contributed by atoms with Crippen LogP contribution in [0.3, 0.4) is 0 Å². The van der Waals surface area contributed by atoms with Crippen LogP contribution in [0.1, 0.15) is 32.6 Å². The largest absolute Gasteiger partial charge is 0.354 e. The minimum absolute atomic E-state index is 0.172. The van der Waals surface area contributed by atoms with Crippen molar-refractivity contribution in [3.63, 3.8) is 0 Å². The van der Waals surface area contributed by atoms with Crippen LogP contribution < -0.4 is 10.6 Å². The molecule has 0 bridgehead atoms. The van der Waals surface area contributed by atoms with Crippen LogP contribution in [0.4, 0.5) is 17.1 Å². The zero-order chi connectivity index (χ0) is 18.7. The van der Waals surface area contributed by atoms with Crippen molar-refractivity contribution in [3.8, 4) is 0 Å². The van der Waals surface area contributed by atoms with Gasteiger partial charge < -0.3 is 10.6 Å². The van der Waals surface area contributed by atoms with E-state index in [0.29, 0.717) is 5.56 Å². The summed E-state index contributed by atoms with van der Waals surface area (Å²) < 4.78 is 0. The number of rotatable bonds is 4. The minimum Gasteiger partial charge on any atom is -0.354 e. The lowest BCUT2D eigenvalue weighted by molar-refractivity contribution is 0.102. The number of benzene rings is 2. The van der Waals surface area contributed by atoms with Gasteiger partial charge in [0.15, 0.2) is 0 Å². The molecule has 4 nitrogen and oxygen atoms in total. The summed E-state index contributed by atoms with van der Waals surface area (Å²) in [6.07, 6.45) is 3.29. The summed E-state index contributed by atoms with van der Waals surface area (Å²) in [5, 5.41) is 6.31. The maximum absolute atomic E-state index is 12.6. The predicted molar refractivity (Wildman–Crippen MR) is 107 cm³/mol. The van der Waals surface area contributed by atoms with E-state index in [2.05, 4.69) is 40.7 Å². The predicted octanol–water partition coefficient (Wildman–Crippen LogP) is 5.31. The Hall–Kier alpha value is -3.14. The molecule has 0 radical (unpaired) electrons. The van der Waals surface area contributed by atoms with Crippen LogP contribution in [0.15, 0.2) is 54.9 Å². The topological polar surface area (TPSA) is 54.0 Å². The minimum atomic E-state index is -0.172. The first-order chi connectivity index (χ1) is 12.4. The lowest BCUT2D eigenvalue weighted by atomic mass is 10.1. The molecule has 1 amide bonds. The fourth-order valence-corrected chi connectivity index (χ4v) is 2.81. The van der Waals surface area contributed by atoms with Crippen molar-refractivity contribution in [2.24, 2.45) is 0 Å². The highest BCUT2D eigenvalue weighted by molar-refractivity contribution is 6.05. The Balaban J connectivity index is 1.80. The monoisotopic (exact) mass is 345 g/mol. The molecule has 0 unspecified atom stereocenters. The molecular formula is C22H23N3O. The van der Waals surface area contributed by atoms with Crippen molar-refractivity contribution in [2.45, 2.75) is 27.7 Å². The number of carbonyl (C=O) groups is 1. The molecule has 1 aromatic heterocycles. The van der Waals surface area contributed by atoms with Gasteiger partial charge in [0.25, 0.3) is 5.91 Å². The molecule has 2 N–H and O–H groups in total. The number of nitrogens with zero attached hydrogens (tertiary/aromatic N) is 1. The molecule has 0 spiro atoms. The Kier molecular flexibility index (Phi) is 5.03. The molecule has 0 aliphatic rings. The smallest absolute Gasteiger partial charge is 0.257 e. The third kappa shape index (κ3) is 4.09. The van der Waals surface area contributed by atoms with Gasteiger partial charge in [0.2, 0.25) is 0 Å². The third-order valence-corrected chi connectivity index (χ3v) is 4.30. The highest BCUT2D eigenvalue weighted by Crippen LogP contribution is 2.22. The van der Waals surface area contributed by atoms with Gasteiger partial charge in [-0.1, -0.05) is 29.8 Å². The molecule has 0 fully saturated rings. The second-order valence-corrected chi connectivity index (χ2v) is 6.68. The Morgan fingerprint density at radius 3 is 2.31 bits per heavy atom. The van der Waals surface area contributed by atoms with Gasteiger partial charge in [-0.15, -0.1) is 0 Å². The van der Waals surface area contributed by atoms with E-state index in [0.717, 1.165) is 28.2 Å². The van der Waals surface area contributed by atoms with Crippen LogP contribution in [-0.2, 0) is 0 Å². The Bertz CT molecular complexity index is 963. The van der Waals surface area contributed by atoms with Gasteiger partial charge in [-0.2, -0.15) is 0 Å². The van der Waals surface area contributed by atoms with E-state index in [-0.39, 0.29) is 5.91 Å². The summed E-state index contributed by atoms with van der Waals surface area (Å²) in [7, 11) is 0. The third-order valence-electron chi connectivity index (χ3n) is 4.30. The quantitative estimate of drug-likeness (QED) is 0.673. The fraction of sp³-hybridized carbons (Fsp3) is 0.182. The summed E-state index contributed by atoms with van der Waals surface area (Å²) in [5.41, 5.74) is 7.65. The molecular weight excluding hydrogens is 322 g/mol. The molecule has 132 valence electrons. The molecule has 1 heterocycles. The average molecular weight is 345 g/mol. The number of pyridine rings is 1. The van der Waals surface area contributed by atoms with Gasteiger partial charge in [0, 0.05) is 17.6 Å². The van der Waals surface area contributed by atoms with E-state index in [1.165, 1.54) is 11.1 Å². The second-order valence-electron chi connectivity index (χ2n) is 6.68. The van der Waals surface area contributed by atoms with E-state index in [9.17, 15) is 4.79 Å². The molecule has 0 atom stereocenters. The number of carbonyl (C=O) groups excluding carboxylic acids is 1. The fourth-order valence-electron chi connectivity index (χ4n) is 2.81. The number of aryl methyl sites for hydroxylation is 4. The van der Waals surface area contributed by atoms with Crippen molar-refractivity contribution in [2.75, 3.05) is 10.6 Å². The van der Waals surface area contributed by atoms with Gasteiger partial charge in [0.05, 0.1) is 17.4 Å². The molecule has 0 saturated carbocycles. The maximum Gasteiger partial charge on any atom is 0.257 e. The summed E-state index contributed by atoms with van der Waals surface area (Å²) in [6, 6.07) is 14.0. The maximum atomic E-state index is 12.6. The van der Waals surface area contributed by atoms with Crippen LogP contribution in [0, 0.1) is 27.7 Å². The van der Waals surface area contributed by atoms with E-state index < -0.39 is 0 Å². The normalized spacial score (nSPS) is 10.5. The number of hydrogen-bond acceptors (Lipinski definition) is 3. The van der Waals surface area contributed by atoms with Crippen molar-refractivity contribution < 1.29 is 4.79 Å². The zero-order valence-corrected chi connectivity index (χ0v) is 15.6. The van der Waals surface area contributed by atoms with Crippen LogP contribution in [0.5, 0.6) is 0 Å². The standard InChI is InChI=1S/C22H23N3O/c1-14-6-8-20(17(4)9-14)25-22(26)18-11-19(13-23-12-18)24-21-10-15(2)5-7-16(21)3/h5-13,24H,1-4H3,(H,25,26). The van der Waals surface area contributed by atoms with Crippen LogP contribution in [-0.4, -0.2) is 10.9 Å². The van der Waals surface area contributed by atoms with Crippen LogP contribution >= 0.6 is 0 Å². The van der Waals surface area contributed by atoms with Crippen molar-refractivity contribution in [3.05, 3.63) is 82.7 Å². The second kappa shape index (κ2) is 7.40. The number of aromatic nitrogens is 1. The van der Waals surface area contributed by atoms with Crippen molar-refractivity contribution >= 4 is 23.0 Å². The summed E-state index contributed by atoms with van der Waals surface area (Å²) in [5.74, 6) is -0.172. The van der Waals surface area contributed by atoms with Gasteiger partial charge in [-0.05, 0) is 62.6 Å².